The molecule has 29 heavy (non-hydrogen) atoms. The molecule has 1 aliphatic heterocycles. The van der Waals surface area contributed by atoms with Gasteiger partial charge < -0.3 is 20.7 Å². The van der Waals surface area contributed by atoms with Crippen LogP contribution in [0.5, 0.6) is 5.75 Å². The zero-order valence-corrected chi connectivity index (χ0v) is 19.3. The minimum atomic E-state index is 0.376. The highest BCUT2D eigenvalue weighted by molar-refractivity contribution is 8.13. The minimum Gasteiger partial charge on any atom is -0.492 e. The average molecular weight is 435 g/mol. The Morgan fingerprint density at radius 3 is 2.66 bits per heavy atom. The Morgan fingerprint density at radius 1 is 1.28 bits per heavy atom. The molecule has 2 aliphatic rings. The van der Waals surface area contributed by atoms with Crippen LogP contribution >= 0.6 is 24.0 Å². The first kappa shape index (κ1) is 22.4. The summed E-state index contributed by atoms with van der Waals surface area (Å²) < 4.78 is 5.93. The monoisotopic (exact) mass is 434 g/mol. The first-order valence-corrected chi connectivity index (χ1v) is 12.0. The minimum absolute atomic E-state index is 0.376. The number of aliphatic imine (C=N–C) groups is 1. The largest absolute Gasteiger partial charge is 0.492 e. The van der Waals surface area contributed by atoms with E-state index in [1.807, 2.05) is 24.3 Å². The quantitative estimate of drug-likeness (QED) is 0.378. The van der Waals surface area contributed by atoms with Crippen molar-refractivity contribution < 1.29 is 4.74 Å². The molecule has 1 saturated heterocycles. The molecular formula is C22H34N4OS2. The van der Waals surface area contributed by atoms with Gasteiger partial charge in [0.2, 0.25) is 0 Å². The molecule has 160 valence electrons. The summed E-state index contributed by atoms with van der Waals surface area (Å²) in [6.07, 6.45) is 9.03. The van der Waals surface area contributed by atoms with Crippen LogP contribution in [0.2, 0.25) is 0 Å². The molecule has 2 fully saturated rings. The van der Waals surface area contributed by atoms with Crippen LogP contribution in [0, 0.1) is 5.41 Å². The normalized spacial score (nSPS) is 22.4. The van der Waals surface area contributed by atoms with Gasteiger partial charge in [-0.25, -0.2) is 0 Å². The standard InChI is InChI=1S/C22H34N4OS2/c1-22(12-4-3-5-13-22)16-29-20(23)25-21(28)24-17-8-10-19(11-9-17)27-15-18-7-6-14-26(18)2/h8-11,18H,3-7,12-16H2,1-2H3,(H3,23,24,25,28). The third kappa shape index (κ3) is 7.15. The van der Waals surface area contributed by atoms with E-state index >= 15 is 0 Å². The molecule has 1 aliphatic carbocycles. The lowest BCUT2D eigenvalue weighted by Gasteiger charge is -2.33. The molecule has 1 aromatic rings. The Bertz CT molecular complexity index is 701. The number of thioether (sulfide) groups is 1. The van der Waals surface area contributed by atoms with Crippen molar-refractivity contribution >= 4 is 39.9 Å². The van der Waals surface area contributed by atoms with Gasteiger partial charge >= 0.3 is 0 Å². The first-order chi connectivity index (χ1) is 13.9. The van der Waals surface area contributed by atoms with Gasteiger partial charge in [-0.2, -0.15) is 4.99 Å². The smallest absolute Gasteiger partial charge is 0.199 e. The Morgan fingerprint density at radius 2 is 2.00 bits per heavy atom. The molecule has 1 aromatic carbocycles. The van der Waals surface area contributed by atoms with E-state index in [1.54, 1.807) is 11.8 Å². The van der Waals surface area contributed by atoms with Crippen LogP contribution in [0.25, 0.3) is 0 Å². The van der Waals surface area contributed by atoms with E-state index in [9.17, 15) is 0 Å². The number of rotatable bonds is 6. The molecule has 1 atom stereocenters. The van der Waals surface area contributed by atoms with Crippen LogP contribution in [0.1, 0.15) is 51.9 Å². The highest BCUT2D eigenvalue weighted by Crippen LogP contribution is 2.38. The zero-order valence-electron chi connectivity index (χ0n) is 17.7. The summed E-state index contributed by atoms with van der Waals surface area (Å²) in [6.45, 7) is 4.26. The molecule has 0 amide bonds. The molecule has 5 nitrogen and oxygen atoms in total. The number of hydrogen-bond acceptors (Lipinski definition) is 4. The number of nitrogens with one attached hydrogen (secondary N) is 1. The zero-order chi connectivity index (χ0) is 20.7. The Hall–Kier alpha value is -1.31. The Balaban J connectivity index is 1.42. The number of benzene rings is 1. The summed E-state index contributed by atoms with van der Waals surface area (Å²) in [4.78, 5) is 6.71. The SMILES string of the molecule is CN1CCCC1COc1ccc(NC(=S)/N=C(\N)SCC2(C)CCCCC2)cc1. The summed E-state index contributed by atoms with van der Waals surface area (Å²) in [6, 6.07) is 8.37. The molecule has 7 heteroatoms. The summed E-state index contributed by atoms with van der Waals surface area (Å²) in [7, 11) is 2.16. The molecule has 0 bridgehead atoms. The fourth-order valence-corrected chi connectivity index (χ4v) is 5.31. The van der Waals surface area contributed by atoms with E-state index in [1.165, 1.54) is 44.9 Å². The van der Waals surface area contributed by atoms with Crippen molar-refractivity contribution in [2.24, 2.45) is 16.1 Å². The van der Waals surface area contributed by atoms with Crippen LogP contribution in [0.3, 0.4) is 0 Å². The lowest BCUT2D eigenvalue weighted by Crippen LogP contribution is -2.30. The van der Waals surface area contributed by atoms with Crippen LogP contribution in [-0.2, 0) is 0 Å². The van der Waals surface area contributed by atoms with Crippen LogP contribution in [0.4, 0.5) is 5.69 Å². The lowest BCUT2D eigenvalue weighted by molar-refractivity contribution is 0.198. The maximum atomic E-state index is 6.10. The fraction of sp³-hybridized carbons (Fsp3) is 0.636. The summed E-state index contributed by atoms with van der Waals surface area (Å²) in [5.74, 6) is 1.88. The summed E-state index contributed by atoms with van der Waals surface area (Å²) in [5.41, 5.74) is 7.37. The Labute approximate surface area is 184 Å². The third-order valence-electron chi connectivity index (χ3n) is 6.06. The van der Waals surface area contributed by atoms with E-state index in [0.717, 1.165) is 30.3 Å². The van der Waals surface area contributed by atoms with E-state index in [4.69, 9.17) is 22.7 Å². The molecule has 1 unspecified atom stereocenters. The second kappa shape index (κ2) is 10.6. The topological polar surface area (TPSA) is 62.9 Å². The first-order valence-electron chi connectivity index (χ1n) is 10.6. The van der Waals surface area contributed by atoms with Crippen molar-refractivity contribution in [2.75, 3.05) is 31.3 Å². The molecule has 0 radical (unpaired) electrons. The summed E-state index contributed by atoms with van der Waals surface area (Å²) in [5, 5.41) is 4.07. The van der Waals surface area contributed by atoms with Crippen molar-refractivity contribution in [3.05, 3.63) is 24.3 Å². The second-order valence-corrected chi connectivity index (χ2v) is 10.0. The van der Waals surface area contributed by atoms with Gasteiger partial charge in [0.15, 0.2) is 10.3 Å². The number of likely N-dealkylation sites (N-methyl/N-ethyl adjacent to an activating group) is 1. The molecule has 3 rings (SSSR count). The van der Waals surface area contributed by atoms with Crippen molar-refractivity contribution in [3.63, 3.8) is 0 Å². The maximum Gasteiger partial charge on any atom is 0.199 e. The number of anilines is 1. The van der Waals surface area contributed by atoms with Gasteiger partial charge in [0.1, 0.15) is 12.4 Å². The van der Waals surface area contributed by atoms with Crippen LogP contribution < -0.4 is 15.8 Å². The van der Waals surface area contributed by atoms with Crippen molar-refractivity contribution in [1.82, 2.24) is 4.90 Å². The highest BCUT2D eigenvalue weighted by atomic mass is 32.2. The number of ether oxygens (including phenoxy) is 1. The maximum absolute atomic E-state index is 6.10. The predicted octanol–water partition coefficient (Wildman–Crippen LogP) is 4.87. The third-order valence-corrected chi connectivity index (χ3v) is 7.48. The molecule has 3 N–H and O–H groups in total. The number of likely N-dealkylation sites (tertiary alicyclic amines) is 1. The van der Waals surface area contributed by atoms with Gasteiger partial charge in [-0.15, -0.1) is 0 Å². The number of amidine groups is 1. The van der Waals surface area contributed by atoms with Gasteiger partial charge in [0, 0.05) is 17.5 Å². The van der Waals surface area contributed by atoms with Gasteiger partial charge in [0.05, 0.1) is 0 Å². The van der Waals surface area contributed by atoms with E-state index in [2.05, 4.69) is 29.2 Å². The fourth-order valence-electron chi connectivity index (χ4n) is 4.10. The van der Waals surface area contributed by atoms with Gasteiger partial charge in [0.25, 0.3) is 0 Å². The van der Waals surface area contributed by atoms with E-state index in [0.29, 0.717) is 21.7 Å². The lowest BCUT2D eigenvalue weighted by atomic mass is 9.77. The molecule has 1 heterocycles. The highest BCUT2D eigenvalue weighted by Gasteiger charge is 2.27. The molecular weight excluding hydrogens is 400 g/mol. The Kier molecular flexibility index (Phi) is 8.21. The van der Waals surface area contributed by atoms with E-state index in [-0.39, 0.29) is 0 Å². The van der Waals surface area contributed by atoms with Gasteiger partial charge in [-0.1, -0.05) is 37.9 Å². The van der Waals surface area contributed by atoms with Gasteiger partial charge in [-0.05, 0) is 81.2 Å². The van der Waals surface area contributed by atoms with Gasteiger partial charge in [-0.3, -0.25) is 0 Å². The predicted molar refractivity (Wildman–Crippen MR) is 129 cm³/mol. The van der Waals surface area contributed by atoms with Crippen molar-refractivity contribution in [1.29, 1.82) is 0 Å². The molecule has 1 saturated carbocycles. The number of thiocarbonyl (C=S) groups is 1. The second-order valence-electron chi connectivity index (χ2n) is 8.65. The molecule has 0 aromatic heterocycles. The van der Waals surface area contributed by atoms with Crippen LogP contribution in [-0.4, -0.2) is 47.2 Å². The van der Waals surface area contributed by atoms with Crippen molar-refractivity contribution in [3.8, 4) is 5.75 Å². The summed E-state index contributed by atoms with van der Waals surface area (Å²) >= 11 is 6.97. The number of nitrogens with two attached hydrogens (primary N) is 1. The average Bonchev–Trinajstić information content (AvgIpc) is 3.11. The molecule has 0 spiro atoms. The number of hydrogen-bond donors (Lipinski definition) is 2. The van der Waals surface area contributed by atoms with Crippen molar-refractivity contribution in [2.45, 2.75) is 57.9 Å². The van der Waals surface area contributed by atoms with Crippen LogP contribution in [0.15, 0.2) is 29.3 Å². The van der Waals surface area contributed by atoms with E-state index < -0.39 is 0 Å². The number of nitrogens with zero attached hydrogens (tertiary/aromatic N) is 2.